The molecule has 0 bridgehead atoms. The molecule has 0 heterocycles. The minimum atomic E-state index is -0.802. The molecule has 3 nitrogen and oxygen atoms in total. The minimum Gasteiger partial charge on any atom is -0.480 e. The fraction of sp³-hybridized carbons (Fsp3) is 0.857. The second kappa shape index (κ2) is 5.38. The Balaban J connectivity index is 0. The number of aliphatic carboxylic acids is 1. The van der Waals surface area contributed by atoms with Gasteiger partial charge < -0.3 is 10.4 Å². The van der Waals surface area contributed by atoms with E-state index >= 15 is 0 Å². The van der Waals surface area contributed by atoms with Crippen LogP contribution in [0.2, 0.25) is 0 Å². The van der Waals surface area contributed by atoms with E-state index in [2.05, 4.69) is 26.1 Å². The van der Waals surface area contributed by atoms with Crippen LogP contribution in [0.15, 0.2) is 0 Å². The molecule has 0 aromatic rings. The van der Waals surface area contributed by atoms with Crippen LogP contribution in [0.3, 0.4) is 0 Å². The van der Waals surface area contributed by atoms with Gasteiger partial charge in [0, 0.05) is 6.54 Å². The molecule has 0 radical (unpaired) electrons. The minimum absolute atomic E-state index is 0. The van der Waals surface area contributed by atoms with Crippen molar-refractivity contribution < 1.29 is 9.90 Å². The molecular weight excluding hydrogens is 166 g/mol. The van der Waals surface area contributed by atoms with Crippen LogP contribution >= 0.6 is 12.4 Å². The van der Waals surface area contributed by atoms with Gasteiger partial charge >= 0.3 is 5.97 Å². The number of hydrogen-bond acceptors (Lipinski definition) is 2. The zero-order valence-electron chi connectivity index (χ0n) is 7.18. The lowest BCUT2D eigenvalue weighted by atomic mass is 9.97. The van der Waals surface area contributed by atoms with E-state index in [0.29, 0.717) is 0 Å². The summed E-state index contributed by atoms with van der Waals surface area (Å²) in [6, 6.07) is 0. The molecule has 68 valence electrons. The molecule has 0 aromatic carbocycles. The van der Waals surface area contributed by atoms with Crippen molar-refractivity contribution >= 4 is 18.4 Å². The third kappa shape index (κ3) is 12.8. The Labute approximate surface area is 73.6 Å². The fourth-order valence-electron chi connectivity index (χ4n) is 0.544. The largest absolute Gasteiger partial charge is 0.480 e. The predicted molar refractivity (Wildman–Crippen MR) is 47.2 cm³/mol. The van der Waals surface area contributed by atoms with Crippen molar-refractivity contribution in [1.29, 1.82) is 0 Å². The standard InChI is InChI=1S/C7H15NO2.ClH/c1-7(2,3)5-8-4-6(9)10;/h8H,4-5H2,1-3H3,(H,9,10);1H. The van der Waals surface area contributed by atoms with Crippen LogP contribution < -0.4 is 5.32 Å². The molecule has 11 heavy (non-hydrogen) atoms. The molecule has 0 saturated heterocycles. The number of carboxylic acid groups (broad SMARTS) is 1. The zero-order chi connectivity index (χ0) is 8.20. The van der Waals surface area contributed by atoms with E-state index in [9.17, 15) is 4.79 Å². The first-order valence-electron chi connectivity index (χ1n) is 3.34. The molecule has 0 aliphatic rings. The predicted octanol–water partition coefficient (Wildman–Crippen LogP) is 1.13. The average Bonchev–Trinajstić information content (AvgIpc) is 1.59. The molecule has 0 saturated carbocycles. The molecule has 0 spiro atoms. The summed E-state index contributed by atoms with van der Waals surface area (Å²) in [5.74, 6) is -0.802. The van der Waals surface area contributed by atoms with Crippen LogP contribution in [-0.4, -0.2) is 24.2 Å². The first kappa shape index (κ1) is 13.3. The Morgan fingerprint density at radius 2 is 1.91 bits per heavy atom. The topological polar surface area (TPSA) is 49.3 Å². The highest BCUT2D eigenvalue weighted by atomic mass is 35.5. The number of rotatable bonds is 3. The lowest BCUT2D eigenvalue weighted by Crippen LogP contribution is -2.31. The summed E-state index contributed by atoms with van der Waals surface area (Å²) >= 11 is 0. The summed E-state index contributed by atoms with van der Waals surface area (Å²) in [4.78, 5) is 10.0. The van der Waals surface area contributed by atoms with E-state index in [1.807, 2.05) is 0 Å². The molecule has 0 aromatic heterocycles. The van der Waals surface area contributed by atoms with Gasteiger partial charge in [0.05, 0.1) is 6.54 Å². The molecule has 2 N–H and O–H groups in total. The zero-order valence-corrected chi connectivity index (χ0v) is 7.99. The van der Waals surface area contributed by atoms with Gasteiger partial charge in [-0.05, 0) is 5.41 Å². The molecule has 0 unspecified atom stereocenters. The molecule has 0 aliphatic carbocycles. The van der Waals surface area contributed by atoms with Crippen LogP contribution in [-0.2, 0) is 4.79 Å². The Kier molecular flexibility index (Phi) is 6.52. The molecule has 0 atom stereocenters. The Morgan fingerprint density at radius 3 is 2.18 bits per heavy atom. The van der Waals surface area contributed by atoms with E-state index in [1.54, 1.807) is 0 Å². The lowest BCUT2D eigenvalue weighted by molar-refractivity contribution is -0.136. The van der Waals surface area contributed by atoms with Crippen LogP contribution in [0.5, 0.6) is 0 Å². The second-order valence-corrected chi connectivity index (χ2v) is 3.56. The maximum atomic E-state index is 10.0. The second-order valence-electron chi connectivity index (χ2n) is 3.56. The molecule has 0 rings (SSSR count). The fourth-order valence-corrected chi connectivity index (χ4v) is 0.544. The van der Waals surface area contributed by atoms with Gasteiger partial charge in [-0.25, -0.2) is 0 Å². The monoisotopic (exact) mass is 181 g/mol. The van der Waals surface area contributed by atoms with Gasteiger partial charge in [-0.3, -0.25) is 4.79 Å². The first-order valence-corrected chi connectivity index (χ1v) is 3.34. The van der Waals surface area contributed by atoms with Crippen LogP contribution in [0.4, 0.5) is 0 Å². The van der Waals surface area contributed by atoms with Crippen molar-refractivity contribution in [3.05, 3.63) is 0 Å². The molecule has 0 aliphatic heterocycles. The summed E-state index contributed by atoms with van der Waals surface area (Å²) in [6.07, 6.45) is 0. The number of carboxylic acids is 1. The maximum Gasteiger partial charge on any atom is 0.317 e. The van der Waals surface area contributed by atoms with E-state index in [4.69, 9.17) is 5.11 Å². The van der Waals surface area contributed by atoms with Crippen molar-refractivity contribution in [2.75, 3.05) is 13.1 Å². The van der Waals surface area contributed by atoms with Crippen molar-refractivity contribution in [2.45, 2.75) is 20.8 Å². The summed E-state index contributed by atoms with van der Waals surface area (Å²) in [6.45, 7) is 6.96. The highest BCUT2D eigenvalue weighted by Crippen LogP contribution is 2.09. The van der Waals surface area contributed by atoms with Gasteiger partial charge in [-0.2, -0.15) is 0 Å². The lowest BCUT2D eigenvalue weighted by Gasteiger charge is -2.17. The van der Waals surface area contributed by atoms with Crippen molar-refractivity contribution in [3.8, 4) is 0 Å². The first-order chi connectivity index (χ1) is 4.42. The van der Waals surface area contributed by atoms with Gasteiger partial charge in [0.15, 0.2) is 0 Å². The quantitative estimate of drug-likeness (QED) is 0.687. The number of hydrogen-bond donors (Lipinski definition) is 2. The number of carbonyl (C=O) groups is 1. The van der Waals surface area contributed by atoms with Crippen LogP contribution in [0.25, 0.3) is 0 Å². The Morgan fingerprint density at radius 1 is 1.45 bits per heavy atom. The molecule has 0 amide bonds. The number of halogens is 1. The van der Waals surface area contributed by atoms with Crippen LogP contribution in [0.1, 0.15) is 20.8 Å². The summed E-state index contributed by atoms with van der Waals surface area (Å²) < 4.78 is 0. The summed E-state index contributed by atoms with van der Waals surface area (Å²) in [5.41, 5.74) is 0.162. The van der Waals surface area contributed by atoms with Gasteiger partial charge in [-0.15, -0.1) is 12.4 Å². The van der Waals surface area contributed by atoms with Crippen LogP contribution in [0, 0.1) is 5.41 Å². The smallest absolute Gasteiger partial charge is 0.317 e. The van der Waals surface area contributed by atoms with E-state index in [1.165, 1.54) is 0 Å². The number of nitrogens with one attached hydrogen (secondary N) is 1. The van der Waals surface area contributed by atoms with Crippen molar-refractivity contribution in [3.63, 3.8) is 0 Å². The third-order valence-corrected chi connectivity index (χ3v) is 0.932. The van der Waals surface area contributed by atoms with Crippen molar-refractivity contribution in [2.24, 2.45) is 5.41 Å². The van der Waals surface area contributed by atoms with Gasteiger partial charge in [0.25, 0.3) is 0 Å². The highest BCUT2D eigenvalue weighted by Gasteiger charge is 2.09. The Hall–Kier alpha value is -0.280. The van der Waals surface area contributed by atoms with E-state index < -0.39 is 5.97 Å². The van der Waals surface area contributed by atoms with Crippen molar-refractivity contribution in [1.82, 2.24) is 5.32 Å². The summed E-state index contributed by atoms with van der Waals surface area (Å²) in [5, 5.41) is 11.1. The normalized spacial score (nSPS) is 10.5. The average molecular weight is 182 g/mol. The van der Waals surface area contributed by atoms with Gasteiger partial charge in [0.2, 0.25) is 0 Å². The molecular formula is C7H16ClNO2. The maximum absolute atomic E-state index is 10.0. The van der Waals surface area contributed by atoms with Gasteiger partial charge in [-0.1, -0.05) is 20.8 Å². The highest BCUT2D eigenvalue weighted by molar-refractivity contribution is 5.85. The van der Waals surface area contributed by atoms with E-state index in [0.717, 1.165) is 6.54 Å². The Bertz CT molecular complexity index is 120. The molecule has 0 fully saturated rings. The van der Waals surface area contributed by atoms with E-state index in [-0.39, 0.29) is 24.4 Å². The van der Waals surface area contributed by atoms with Gasteiger partial charge in [0.1, 0.15) is 0 Å². The summed E-state index contributed by atoms with van der Waals surface area (Å²) in [7, 11) is 0. The third-order valence-electron chi connectivity index (χ3n) is 0.932. The SMILES string of the molecule is CC(C)(C)CNCC(=O)O.Cl. The molecule has 4 heteroatoms.